The molecule has 15 heavy (non-hydrogen) atoms. The maximum absolute atomic E-state index is 11.9. The molecular formula is C10H13BF3O-. The summed E-state index contributed by atoms with van der Waals surface area (Å²) in [7, 11) is 0. The first-order valence-electron chi connectivity index (χ1n) is 4.82. The minimum absolute atomic E-state index is 0.278. The lowest BCUT2D eigenvalue weighted by Gasteiger charge is -2.16. The Morgan fingerprint density at radius 3 is 2.47 bits per heavy atom. The third kappa shape index (κ3) is 4.27. The summed E-state index contributed by atoms with van der Waals surface area (Å²) in [6.45, 7) is -2.10. The van der Waals surface area contributed by atoms with Gasteiger partial charge in [-0.25, -0.2) is 0 Å². The molecule has 84 valence electrons. The summed E-state index contributed by atoms with van der Waals surface area (Å²) in [6.07, 6.45) is 0. The van der Waals surface area contributed by atoms with Crippen LogP contribution in [0.5, 0.6) is 5.75 Å². The first-order valence-corrected chi connectivity index (χ1v) is 4.82. The highest BCUT2D eigenvalue weighted by Crippen LogP contribution is 2.21. The normalized spacial score (nSPS) is 11.9. The van der Waals surface area contributed by atoms with Gasteiger partial charge >= 0.3 is 6.98 Å². The van der Waals surface area contributed by atoms with E-state index in [9.17, 15) is 12.9 Å². The van der Waals surface area contributed by atoms with Crippen molar-refractivity contribution < 1.29 is 17.7 Å². The summed E-state index contributed by atoms with van der Waals surface area (Å²) >= 11 is 0. The first kappa shape index (κ1) is 11.9. The number of hydrogen-bond acceptors (Lipinski definition) is 1. The zero-order chi connectivity index (χ0) is 11.5. The molecule has 0 amide bonds. The van der Waals surface area contributed by atoms with E-state index in [2.05, 4.69) is 4.74 Å². The van der Waals surface area contributed by atoms with Gasteiger partial charge in [0.05, 0.1) is 6.51 Å². The molecule has 0 heterocycles. The summed E-state index contributed by atoms with van der Waals surface area (Å²) in [6, 6.07) is 6.75. The second-order valence-corrected chi connectivity index (χ2v) is 3.75. The van der Waals surface area contributed by atoms with E-state index in [1.165, 1.54) is 6.07 Å². The lowest BCUT2D eigenvalue weighted by Crippen LogP contribution is -2.26. The van der Waals surface area contributed by atoms with Gasteiger partial charge in [-0.3, -0.25) is 0 Å². The van der Waals surface area contributed by atoms with E-state index in [1.807, 2.05) is 19.9 Å². The maximum Gasteiger partial charge on any atom is 0.515 e. The van der Waals surface area contributed by atoms with Crippen molar-refractivity contribution in [2.45, 2.75) is 19.8 Å². The molecule has 0 bridgehead atoms. The summed E-state index contributed by atoms with van der Waals surface area (Å²) in [5, 5.41) is 0. The number of halogens is 3. The zero-order valence-electron chi connectivity index (χ0n) is 8.71. The average molecular weight is 217 g/mol. The first-order chi connectivity index (χ1) is 6.88. The highest BCUT2D eigenvalue weighted by atomic mass is 19.4. The third-order valence-corrected chi connectivity index (χ3v) is 1.96. The second kappa shape index (κ2) is 4.60. The number of rotatable bonds is 4. The highest BCUT2D eigenvalue weighted by Gasteiger charge is 2.24. The van der Waals surface area contributed by atoms with Crippen LogP contribution in [0.25, 0.3) is 0 Å². The van der Waals surface area contributed by atoms with Gasteiger partial charge in [0.1, 0.15) is 5.75 Å². The molecule has 0 aliphatic heterocycles. The van der Waals surface area contributed by atoms with Crippen LogP contribution in [0.4, 0.5) is 12.9 Å². The Labute approximate surface area is 87.3 Å². The van der Waals surface area contributed by atoms with Crippen LogP contribution >= 0.6 is 0 Å². The molecule has 0 aliphatic carbocycles. The fourth-order valence-corrected chi connectivity index (χ4v) is 1.15. The maximum atomic E-state index is 11.9. The van der Waals surface area contributed by atoms with Gasteiger partial charge in [0, 0.05) is 0 Å². The zero-order valence-corrected chi connectivity index (χ0v) is 8.71. The number of benzene rings is 1. The predicted molar refractivity (Wildman–Crippen MR) is 55.1 cm³/mol. The van der Waals surface area contributed by atoms with Crippen LogP contribution in [0.15, 0.2) is 24.3 Å². The molecule has 0 N–H and O–H groups in total. The van der Waals surface area contributed by atoms with Crippen molar-refractivity contribution >= 4 is 6.98 Å². The number of ether oxygens (including phenoxy) is 1. The van der Waals surface area contributed by atoms with E-state index in [1.54, 1.807) is 12.1 Å². The van der Waals surface area contributed by atoms with E-state index in [4.69, 9.17) is 0 Å². The third-order valence-electron chi connectivity index (χ3n) is 1.96. The Balaban J connectivity index is 2.66. The molecule has 0 unspecified atom stereocenters. The Hall–Kier alpha value is -1.13. The fourth-order valence-electron chi connectivity index (χ4n) is 1.15. The van der Waals surface area contributed by atoms with Crippen molar-refractivity contribution in [3.8, 4) is 5.75 Å². The SMILES string of the molecule is CC(C)c1cccc(OC[B-](F)(F)F)c1. The molecule has 5 heteroatoms. The molecule has 1 nitrogen and oxygen atoms in total. The fraction of sp³-hybridized carbons (Fsp3) is 0.400. The van der Waals surface area contributed by atoms with Crippen LogP contribution in [-0.2, 0) is 0 Å². The van der Waals surface area contributed by atoms with Crippen LogP contribution in [0.1, 0.15) is 25.3 Å². The molecule has 0 atom stereocenters. The summed E-state index contributed by atoms with van der Waals surface area (Å²) in [5.41, 5.74) is 0.974. The van der Waals surface area contributed by atoms with Crippen molar-refractivity contribution in [2.75, 3.05) is 6.51 Å². The van der Waals surface area contributed by atoms with Gasteiger partial charge in [0.2, 0.25) is 0 Å². The van der Waals surface area contributed by atoms with Crippen molar-refractivity contribution in [1.29, 1.82) is 0 Å². The van der Waals surface area contributed by atoms with Gasteiger partial charge in [0.25, 0.3) is 0 Å². The quantitative estimate of drug-likeness (QED) is 0.700. The van der Waals surface area contributed by atoms with E-state index in [-0.39, 0.29) is 11.7 Å². The molecule has 0 radical (unpaired) electrons. The Morgan fingerprint density at radius 1 is 1.27 bits per heavy atom. The lowest BCUT2D eigenvalue weighted by molar-refractivity contribution is 0.313. The largest absolute Gasteiger partial charge is 0.522 e. The summed E-state index contributed by atoms with van der Waals surface area (Å²) < 4.78 is 40.5. The topological polar surface area (TPSA) is 9.23 Å². The molecule has 0 saturated heterocycles. The molecule has 0 fully saturated rings. The smallest absolute Gasteiger partial charge is 0.515 e. The van der Waals surface area contributed by atoms with Gasteiger partial charge in [-0.1, -0.05) is 26.0 Å². The van der Waals surface area contributed by atoms with Crippen molar-refractivity contribution in [3.05, 3.63) is 29.8 Å². The lowest BCUT2D eigenvalue weighted by atomic mass is 9.95. The van der Waals surface area contributed by atoms with Gasteiger partial charge < -0.3 is 17.7 Å². The average Bonchev–Trinajstić information content (AvgIpc) is 2.14. The van der Waals surface area contributed by atoms with Crippen molar-refractivity contribution in [2.24, 2.45) is 0 Å². The van der Waals surface area contributed by atoms with Crippen LogP contribution in [-0.4, -0.2) is 13.5 Å². The van der Waals surface area contributed by atoms with Crippen LogP contribution in [0.3, 0.4) is 0 Å². The van der Waals surface area contributed by atoms with E-state index < -0.39 is 13.5 Å². The van der Waals surface area contributed by atoms with Crippen LogP contribution < -0.4 is 4.74 Å². The van der Waals surface area contributed by atoms with Crippen LogP contribution in [0.2, 0.25) is 0 Å². The predicted octanol–water partition coefficient (Wildman–Crippen LogP) is 3.58. The molecule has 1 aromatic rings. The minimum Gasteiger partial charge on any atom is -0.522 e. The molecule has 0 aliphatic rings. The van der Waals surface area contributed by atoms with E-state index in [0.29, 0.717) is 0 Å². The molecule has 1 rings (SSSR count). The molecule has 0 aromatic heterocycles. The van der Waals surface area contributed by atoms with Gasteiger partial charge in [0.15, 0.2) is 0 Å². The summed E-state index contributed by atoms with van der Waals surface area (Å²) in [4.78, 5) is 0. The molecule has 0 spiro atoms. The Kier molecular flexibility index (Phi) is 3.66. The van der Waals surface area contributed by atoms with Crippen molar-refractivity contribution in [1.82, 2.24) is 0 Å². The minimum atomic E-state index is -4.88. The van der Waals surface area contributed by atoms with Gasteiger partial charge in [-0.05, 0) is 23.6 Å². The molecule has 1 aromatic carbocycles. The molecular weight excluding hydrogens is 204 g/mol. The van der Waals surface area contributed by atoms with E-state index in [0.717, 1.165) is 5.56 Å². The van der Waals surface area contributed by atoms with Crippen molar-refractivity contribution in [3.63, 3.8) is 0 Å². The highest BCUT2D eigenvalue weighted by molar-refractivity contribution is 6.58. The van der Waals surface area contributed by atoms with E-state index >= 15 is 0 Å². The van der Waals surface area contributed by atoms with Crippen LogP contribution in [0, 0.1) is 0 Å². The Morgan fingerprint density at radius 2 is 1.93 bits per heavy atom. The standard InChI is InChI=1S/C10H13BF3O/c1-8(2)9-4-3-5-10(6-9)15-7-11(12,13)14/h3-6,8H,7H2,1-2H3/q-1. The molecule has 0 saturated carbocycles. The van der Waals surface area contributed by atoms with Gasteiger partial charge in [-0.15, -0.1) is 0 Å². The second-order valence-electron chi connectivity index (χ2n) is 3.75. The monoisotopic (exact) mass is 217 g/mol. The Bertz CT molecular complexity index is 323. The number of hydrogen-bond donors (Lipinski definition) is 0. The summed E-state index contributed by atoms with van der Waals surface area (Å²) in [5.74, 6) is 0.561. The van der Waals surface area contributed by atoms with Gasteiger partial charge in [-0.2, -0.15) is 0 Å².